The second-order valence-corrected chi connectivity index (χ2v) is 6.96. The summed E-state index contributed by atoms with van der Waals surface area (Å²) in [7, 11) is 0. The Kier molecular flexibility index (Phi) is 5.26. The van der Waals surface area contributed by atoms with Crippen molar-refractivity contribution in [1.82, 2.24) is 10.2 Å². The molecule has 2 fully saturated rings. The number of rotatable bonds is 3. The Labute approximate surface area is 118 Å². The minimum Gasteiger partial charge on any atom is -0.342 e. The third kappa shape index (κ3) is 4.20. The van der Waals surface area contributed by atoms with Crippen LogP contribution in [0.5, 0.6) is 0 Å². The summed E-state index contributed by atoms with van der Waals surface area (Å²) < 4.78 is 0. The van der Waals surface area contributed by atoms with E-state index >= 15 is 0 Å². The number of amides is 1. The largest absolute Gasteiger partial charge is 0.342 e. The minimum absolute atomic E-state index is 0.309. The quantitative estimate of drug-likeness (QED) is 0.852. The predicted molar refractivity (Wildman–Crippen MR) is 79.1 cm³/mol. The first-order valence-corrected chi connectivity index (χ1v) is 8.11. The van der Waals surface area contributed by atoms with Crippen molar-refractivity contribution in [2.75, 3.05) is 19.6 Å². The van der Waals surface area contributed by atoms with Crippen LogP contribution in [0.25, 0.3) is 0 Å². The highest BCUT2D eigenvalue weighted by molar-refractivity contribution is 5.78. The van der Waals surface area contributed by atoms with Crippen LogP contribution in [0.15, 0.2) is 0 Å². The Morgan fingerprint density at radius 1 is 1.11 bits per heavy atom. The first kappa shape index (κ1) is 14.8. The fourth-order valence-electron chi connectivity index (χ4n) is 3.51. The summed E-state index contributed by atoms with van der Waals surface area (Å²) >= 11 is 0. The summed E-state index contributed by atoms with van der Waals surface area (Å²) in [5.41, 5.74) is 0.345. The van der Waals surface area contributed by atoms with E-state index in [1.54, 1.807) is 0 Å². The molecule has 110 valence electrons. The average molecular weight is 266 g/mol. The van der Waals surface area contributed by atoms with E-state index in [-0.39, 0.29) is 0 Å². The molecule has 1 aliphatic heterocycles. The van der Waals surface area contributed by atoms with Crippen molar-refractivity contribution in [2.24, 2.45) is 5.41 Å². The maximum Gasteiger partial charge on any atom is 0.236 e. The van der Waals surface area contributed by atoms with Crippen molar-refractivity contribution in [1.29, 1.82) is 0 Å². The van der Waals surface area contributed by atoms with E-state index in [4.69, 9.17) is 0 Å². The van der Waals surface area contributed by atoms with E-state index in [1.165, 1.54) is 51.4 Å². The highest BCUT2D eigenvalue weighted by Crippen LogP contribution is 2.35. The molecule has 1 atom stereocenters. The molecule has 1 unspecified atom stereocenters. The normalized spacial score (nSPS) is 27.9. The van der Waals surface area contributed by atoms with Gasteiger partial charge in [-0.25, -0.2) is 0 Å². The van der Waals surface area contributed by atoms with Gasteiger partial charge in [0.1, 0.15) is 0 Å². The first-order chi connectivity index (χ1) is 9.09. The summed E-state index contributed by atoms with van der Waals surface area (Å²) in [6.07, 6.45) is 10.1. The van der Waals surface area contributed by atoms with Crippen molar-refractivity contribution < 1.29 is 4.79 Å². The van der Waals surface area contributed by atoms with Crippen molar-refractivity contribution in [3.63, 3.8) is 0 Å². The SMILES string of the molecule is CC1(C)CCCCC1NCC(=O)N1CCCCCC1. The highest BCUT2D eigenvalue weighted by atomic mass is 16.2. The molecule has 0 radical (unpaired) electrons. The van der Waals surface area contributed by atoms with Gasteiger partial charge in [0.25, 0.3) is 0 Å². The number of carbonyl (C=O) groups excluding carboxylic acids is 1. The van der Waals surface area contributed by atoms with E-state index in [9.17, 15) is 4.79 Å². The second kappa shape index (κ2) is 6.74. The zero-order valence-electron chi connectivity index (χ0n) is 12.7. The molecule has 0 bridgehead atoms. The molecular formula is C16H30N2O. The Morgan fingerprint density at radius 2 is 1.79 bits per heavy atom. The summed E-state index contributed by atoms with van der Waals surface area (Å²) in [4.78, 5) is 14.3. The van der Waals surface area contributed by atoms with Crippen molar-refractivity contribution >= 4 is 5.91 Å². The third-order valence-electron chi connectivity index (χ3n) is 4.97. The molecule has 2 aliphatic rings. The summed E-state index contributed by atoms with van der Waals surface area (Å²) in [6, 6.07) is 0.511. The van der Waals surface area contributed by atoms with Crippen LogP contribution in [0.2, 0.25) is 0 Å². The summed E-state index contributed by atoms with van der Waals surface area (Å²) in [5, 5.41) is 3.54. The predicted octanol–water partition coefficient (Wildman–Crippen LogP) is 2.95. The van der Waals surface area contributed by atoms with Gasteiger partial charge in [-0.1, -0.05) is 39.5 Å². The molecule has 3 heteroatoms. The zero-order valence-corrected chi connectivity index (χ0v) is 12.7. The molecular weight excluding hydrogens is 236 g/mol. The minimum atomic E-state index is 0.309. The topological polar surface area (TPSA) is 32.3 Å². The van der Waals surface area contributed by atoms with Gasteiger partial charge in [0.05, 0.1) is 6.54 Å². The number of nitrogens with zero attached hydrogens (tertiary/aromatic N) is 1. The molecule has 19 heavy (non-hydrogen) atoms. The third-order valence-corrected chi connectivity index (χ3v) is 4.97. The van der Waals surface area contributed by atoms with Crippen molar-refractivity contribution in [2.45, 2.75) is 71.3 Å². The number of hydrogen-bond donors (Lipinski definition) is 1. The molecule has 3 nitrogen and oxygen atoms in total. The van der Waals surface area contributed by atoms with E-state index in [1.807, 2.05) is 0 Å². The van der Waals surface area contributed by atoms with Crippen LogP contribution in [-0.2, 0) is 4.79 Å². The lowest BCUT2D eigenvalue weighted by atomic mass is 9.73. The van der Waals surface area contributed by atoms with E-state index in [2.05, 4.69) is 24.1 Å². The van der Waals surface area contributed by atoms with Gasteiger partial charge in [-0.3, -0.25) is 4.79 Å². The standard InChI is InChI=1S/C16H30N2O/c1-16(2)10-6-5-9-14(16)17-13-15(19)18-11-7-3-4-8-12-18/h14,17H,3-13H2,1-2H3. The molecule has 0 aromatic carbocycles. The van der Waals surface area contributed by atoms with E-state index in [0.717, 1.165) is 13.1 Å². The summed E-state index contributed by atoms with van der Waals surface area (Å²) in [5.74, 6) is 0.309. The lowest BCUT2D eigenvalue weighted by Gasteiger charge is -2.39. The molecule has 0 spiro atoms. The van der Waals surface area contributed by atoms with Gasteiger partial charge in [-0.2, -0.15) is 0 Å². The second-order valence-electron chi connectivity index (χ2n) is 6.96. The molecule has 1 heterocycles. The van der Waals surface area contributed by atoms with Gasteiger partial charge in [0, 0.05) is 19.1 Å². The average Bonchev–Trinajstić information content (AvgIpc) is 2.65. The molecule has 1 saturated carbocycles. The monoisotopic (exact) mass is 266 g/mol. The molecule has 0 aromatic heterocycles. The van der Waals surface area contributed by atoms with Crippen LogP contribution < -0.4 is 5.32 Å². The molecule has 0 aromatic rings. The van der Waals surface area contributed by atoms with Gasteiger partial charge in [0.15, 0.2) is 0 Å². The Bertz CT molecular complexity index is 293. The van der Waals surface area contributed by atoms with Crippen LogP contribution in [0, 0.1) is 5.41 Å². The van der Waals surface area contributed by atoms with Crippen molar-refractivity contribution in [3.8, 4) is 0 Å². The maximum absolute atomic E-state index is 12.3. The van der Waals surface area contributed by atoms with Crippen LogP contribution in [0.4, 0.5) is 0 Å². The number of likely N-dealkylation sites (tertiary alicyclic amines) is 1. The molecule has 2 rings (SSSR count). The zero-order chi connectivity index (χ0) is 13.7. The van der Waals surface area contributed by atoms with Crippen LogP contribution in [0.3, 0.4) is 0 Å². The highest BCUT2D eigenvalue weighted by Gasteiger charge is 2.32. The van der Waals surface area contributed by atoms with Gasteiger partial charge in [-0.15, -0.1) is 0 Å². The lowest BCUT2D eigenvalue weighted by Crippen LogP contribution is -2.48. The fraction of sp³-hybridized carbons (Fsp3) is 0.938. The van der Waals surface area contributed by atoms with Crippen LogP contribution >= 0.6 is 0 Å². The smallest absolute Gasteiger partial charge is 0.236 e. The van der Waals surface area contributed by atoms with Gasteiger partial charge < -0.3 is 10.2 Å². The maximum atomic E-state index is 12.3. The molecule has 1 N–H and O–H groups in total. The number of carbonyl (C=O) groups is 1. The van der Waals surface area contributed by atoms with Gasteiger partial charge in [-0.05, 0) is 31.1 Å². The fourth-order valence-corrected chi connectivity index (χ4v) is 3.51. The van der Waals surface area contributed by atoms with Crippen LogP contribution in [-0.4, -0.2) is 36.5 Å². The van der Waals surface area contributed by atoms with Gasteiger partial charge >= 0.3 is 0 Å². The van der Waals surface area contributed by atoms with E-state index in [0.29, 0.717) is 23.9 Å². The van der Waals surface area contributed by atoms with Crippen molar-refractivity contribution in [3.05, 3.63) is 0 Å². The Hall–Kier alpha value is -0.570. The summed E-state index contributed by atoms with van der Waals surface area (Å²) in [6.45, 7) is 7.14. The molecule has 1 aliphatic carbocycles. The lowest BCUT2D eigenvalue weighted by molar-refractivity contribution is -0.130. The van der Waals surface area contributed by atoms with Crippen LogP contribution in [0.1, 0.15) is 65.2 Å². The number of nitrogens with one attached hydrogen (secondary N) is 1. The van der Waals surface area contributed by atoms with Gasteiger partial charge in [0.2, 0.25) is 5.91 Å². The molecule has 1 amide bonds. The number of hydrogen-bond acceptors (Lipinski definition) is 2. The van der Waals surface area contributed by atoms with E-state index < -0.39 is 0 Å². The first-order valence-electron chi connectivity index (χ1n) is 8.11. The Morgan fingerprint density at radius 3 is 2.42 bits per heavy atom. The molecule has 1 saturated heterocycles. The Balaban J connectivity index is 1.78.